The van der Waals surface area contributed by atoms with Gasteiger partial charge in [-0.1, -0.05) is 0 Å². The van der Waals surface area contributed by atoms with Crippen LogP contribution in [0.15, 0.2) is 34.8 Å². The lowest BCUT2D eigenvalue weighted by molar-refractivity contribution is 0.390. The van der Waals surface area contributed by atoms with Gasteiger partial charge in [0.2, 0.25) is 0 Å². The van der Waals surface area contributed by atoms with Gasteiger partial charge >= 0.3 is 0 Å². The Bertz CT molecular complexity index is 594. The van der Waals surface area contributed by atoms with E-state index < -0.39 is 5.82 Å². The Hall–Kier alpha value is -1.75. The highest BCUT2D eigenvalue weighted by Gasteiger charge is 2.15. The molecule has 0 unspecified atom stereocenters. The molecule has 0 bridgehead atoms. The van der Waals surface area contributed by atoms with Gasteiger partial charge in [-0.2, -0.15) is 0 Å². The molecule has 0 amide bonds. The topological polar surface area (TPSA) is 38.7 Å². The highest BCUT2D eigenvalue weighted by atomic mass is 79.9. The predicted molar refractivity (Wildman–Crippen MR) is 74.3 cm³/mol. The van der Waals surface area contributed by atoms with Gasteiger partial charge in [0.1, 0.15) is 27.5 Å². The summed E-state index contributed by atoms with van der Waals surface area (Å²) >= 11 is 3.38. The number of phenols is 1. The molecule has 0 fully saturated rings. The average molecular weight is 327 g/mol. The number of methoxy groups -OCH3 is 2. The Morgan fingerprint density at radius 1 is 1.11 bits per heavy atom. The minimum Gasteiger partial charge on any atom is -0.508 e. The molecule has 19 heavy (non-hydrogen) atoms. The summed E-state index contributed by atoms with van der Waals surface area (Å²) in [6.45, 7) is 0. The third-order valence-corrected chi connectivity index (χ3v) is 3.43. The van der Waals surface area contributed by atoms with Gasteiger partial charge < -0.3 is 14.6 Å². The summed E-state index contributed by atoms with van der Waals surface area (Å²) in [7, 11) is 3.06. The SMILES string of the molecule is COc1ccc(-c2cc(O)cc(F)c2)c(OC)c1Br. The molecule has 2 rings (SSSR count). The smallest absolute Gasteiger partial charge is 0.144 e. The summed E-state index contributed by atoms with van der Waals surface area (Å²) in [6, 6.07) is 7.34. The summed E-state index contributed by atoms with van der Waals surface area (Å²) in [5.74, 6) is 0.485. The van der Waals surface area contributed by atoms with Crippen LogP contribution in [0.3, 0.4) is 0 Å². The van der Waals surface area contributed by atoms with Crippen molar-refractivity contribution in [3.05, 3.63) is 40.6 Å². The van der Waals surface area contributed by atoms with Crippen LogP contribution in [-0.2, 0) is 0 Å². The lowest BCUT2D eigenvalue weighted by atomic mass is 10.0. The van der Waals surface area contributed by atoms with Gasteiger partial charge in [0.25, 0.3) is 0 Å². The van der Waals surface area contributed by atoms with Crippen molar-refractivity contribution in [3.8, 4) is 28.4 Å². The first-order valence-electron chi connectivity index (χ1n) is 5.47. The molecule has 0 heterocycles. The number of hydrogen-bond donors (Lipinski definition) is 1. The van der Waals surface area contributed by atoms with E-state index in [0.29, 0.717) is 27.1 Å². The quantitative estimate of drug-likeness (QED) is 0.927. The molecule has 0 aliphatic heterocycles. The van der Waals surface area contributed by atoms with Crippen LogP contribution in [0.1, 0.15) is 0 Å². The molecular formula is C14H12BrFO3. The zero-order chi connectivity index (χ0) is 14.0. The number of ether oxygens (including phenoxy) is 2. The summed E-state index contributed by atoms with van der Waals surface area (Å²) in [5.41, 5.74) is 1.18. The number of hydrogen-bond acceptors (Lipinski definition) is 3. The Morgan fingerprint density at radius 2 is 1.84 bits per heavy atom. The van der Waals surface area contributed by atoms with Crippen molar-refractivity contribution in [2.75, 3.05) is 14.2 Å². The maximum Gasteiger partial charge on any atom is 0.144 e. The molecule has 2 aromatic carbocycles. The molecule has 0 aromatic heterocycles. The van der Waals surface area contributed by atoms with Gasteiger partial charge in [-0.25, -0.2) is 4.39 Å². The summed E-state index contributed by atoms with van der Waals surface area (Å²) in [5, 5.41) is 9.47. The van der Waals surface area contributed by atoms with Crippen LogP contribution in [0.4, 0.5) is 4.39 Å². The van der Waals surface area contributed by atoms with Crippen LogP contribution in [0, 0.1) is 5.82 Å². The molecule has 2 aromatic rings. The second-order valence-electron chi connectivity index (χ2n) is 3.86. The van der Waals surface area contributed by atoms with Crippen molar-refractivity contribution in [1.82, 2.24) is 0 Å². The zero-order valence-electron chi connectivity index (χ0n) is 10.4. The van der Waals surface area contributed by atoms with Gasteiger partial charge in [-0.15, -0.1) is 0 Å². The van der Waals surface area contributed by atoms with E-state index in [-0.39, 0.29) is 5.75 Å². The molecule has 0 aliphatic carbocycles. The minimum absolute atomic E-state index is 0.135. The molecule has 0 aliphatic rings. The van der Waals surface area contributed by atoms with Crippen molar-refractivity contribution in [2.24, 2.45) is 0 Å². The molecule has 100 valence electrons. The number of halogens is 2. The van der Waals surface area contributed by atoms with Crippen molar-refractivity contribution < 1.29 is 19.0 Å². The zero-order valence-corrected chi connectivity index (χ0v) is 12.0. The van der Waals surface area contributed by atoms with Crippen molar-refractivity contribution in [3.63, 3.8) is 0 Å². The first kappa shape index (κ1) is 13.7. The summed E-state index contributed by atoms with van der Waals surface area (Å²) in [4.78, 5) is 0. The fourth-order valence-corrected chi connectivity index (χ4v) is 2.52. The van der Waals surface area contributed by atoms with Crippen LogP contribution in [0.5, 0.6) is 17.2 Å². The van der Waals surface area contributed by atoms with Crippen molar-refractivity contribution >= 4 is 15.9 Å². The largest absolute Gasteiger partial charge is 0.508 e. The molecule has 1 N–H and O–H groups in total. The maximum absolute atomic E-state index is 13.4. The van der Waals surface area contributed by atoms with Crippen LogP contribution in [0.25, 0.3) is 11.1 Å². The molecule has 0 spiro atoms. The van der Waals surface area contributed by atoms with Gasteiger partial charge in [0, 0.05) is 11.6 Å². The van der Waals surface area contributed by atoms with E-state index in [4.69, 9.17) is 9.47 Å². The summed E-state index contributed by atoms with van der Waals surface area (Å²) in [6.07, 6.45) is 0. The monoisotopic (exact) mass is 326 g/mol. The van der Waals surface area contributed by atoms with Gasteiger partial charge in [-0.3, -0.25) is 0 Å². The number of rotatable bonds is 3. The Balaban J connectivity index is 2.65. The molecule has 0 saturated heterocycles. The Labute approximate surface area is 118 Å². The van der Waals surface area contributed by atoms with Crippen molar-refractivity contribution in [1.29, 1.82) is 0 Å². The van der Waals surface area contributed by atoms with E-state index >= 15 is 0 Å². The molecule has 5 heteroatoms. The van der Waals surface area contributed by atoms with Gasteiger partial charge in [0.05, 0.1) is 14.2 Å². The van der Waals surface area contributed by atoms with E-state index in [2.05, 4.69) is 15.9 Å². The van der Waals surface area contributed by atoms with Crippen LogP contribution in [-0.4, -0.2) is 19.3 Å². The standard InChI is InChI=1S/C14H12BrFO3/c1-18-12-4-3-11(14(19-2)13(12)15)8-5-9(16)7-10(17)6-8/h3-7,17H,1-2H3. The van der Waals surface area contributed by atoms with Crippen LogP contribution >= 0.6 is 15.9 Å². The average Bonchev–Trinajstić information content (AvgIpc) is 2.37. The minimum atomic E-state index is -0.510. The van der Waals surface area contributed by atoms with Gasteiger partial charge in [0.15, 0.2) is 0 Å². The van der Waals surface area contributed by atoms with E-state index in [0.717, 1.165) is 6.07 Å². The predicted octanol–water partition coefficient (Wildman–Crippen LogP) is 3.98. The van der Waals surface area contributed by atoms with E-state index in [1.165, 1.54) is 19.2 Å². The molecule has 0 radical (unpaired) electrons. The highest BCUT2D eigenvalue weighted by molar-refractivity contribution is 9.10. The third-order valence-electron chi connectivity index (χ3n) is 2.68. The third kappa shape index (κ3) is 2.66. The lowest BCUT2D eigenvalue weighted by Gasteiger charge is -2.13. The Kier molecular flexibility index (Phi) is 3.95. The van der Waals surface area contributed by atoms with Crippen LogP contribution in [0.2, 0.25) is 0 Å². The highest BCUT2D eigenvalue weighted by Crippen LogP contribution is 2.42. The second-order valence-corrected chi connectivity index (χ2v) is 4.65. The maximum atomic E-state index is 13.4. The first-order valence-corrected chi connectivity index (χ1v) is 6.26. The molecule has 0 saturated carbocycles. The van der Waals surface area contributed by atoms with Gasteiger partial charge in [-0.05, 0) is 45.8 Å². The lowest BCUT2D eigenvalue weighted by Crippen LogP contribution is -1.93. The van der Waals surface area contributed by atoms with E-state index in [1.54, 1.807) is 19.2 Å². The molecule has 3 nitrogen and oxygen atoms in total. The molecule has 0 atom stereocenters. The van der Waals surface area contributed by atoms with Crippen molar-refractivity contribution in [2.45, 2.75) is 0 Å². The number of aromatic hydroxyl groups is 1. The Morgan fingerprint density at radius 3 is 2.42 bits per heavy atom. The normalized spacial score (nSPS) is 10.3. The second kappa shape index (κ2) is 5.48. The van der Waals surface area contributed by atoms with E-state index in [1.807, 2.05) is 0 Å². The number of benzene rings is 2. The fraction of sp³-hybridized carbons (Fsp3) is 0.143. The number of phenolic OH excluding ortho intramolecular Hbond substituents is 1. The van der Waals surface area contributed by atoms with Crippen LogP contribution < -0.4 is 9.47 Å². The fourth-order valence-electron chi connectivity index (χ4n) is 1.85. The first-order chi connectivity index (χ1) is 9.06. The summed E-state index contributed by atoms with van der Waals surface area (Å²) < 4.78 is 24.5. The molecular weight excluding hydrogens is 315 g/mol. The van der Waals surface area contributed by atoms with E-state index in [9.17, 15) is 9.50 Å².